The molecule has 0 aromatic carbocycles. The van der Waals surface area contributed by atoms with E-state index in [1.807, 2.05) is 14.1 Å². The number of nitrogens with one attached hydrogen (secondary N) is 1. The number of nitrogens with zero attached hydrogens (tertiary/aromatic N) is 1. The summed E-state index contributed by atoms with van der Waals surface area (Å²) in [5.41, 5.74) is 0.100. The highest BCUT2D eigenvalue weighted by Crippen LogP contribution is 2.33. The lowest BCUT2D eigenvalue weighted by molar-refractivity contribution is 0.0874. The summed E-state index contributed by atoms with van der Waals surface area (Å²) in [5.74, 6) is 0. The van der Waals surface area contributed by atoms with Gasteiger partial charge in [0.25, 0.3) is 6.43 Å². The van der Waals surface area contributed by atoms with Gasteiger partial charge in [0.1, 0.15) is 0 Å². The second-order valence-electron chi connectivity index (χ2n) is 4.83. The molecule has 0 heterocycles. The average Bonchev–Trinajstić information content (AvgIpc) is 2.63. The summed E-state index contributed by atoms with van der Waals surface area (Å²) >= 11 is 0. The Morgan fingerprint density at radius 1 is 1.27 bits per heavy atom. The van der Waals surface area contributed by atoms with E-state index in [-0.39, 0.29) is 5.54 Å². The Hall–Kier alpha value is -0.220. The zero-order chi connectivity index (χ0) is 11.5. The predicted molar refractivity (Wildman–Crippen MR) is 58.4 cm³/mol. The van der Waals surface area contributed by atoms with Gasteiger partial charge in [-0.05, 0) is 33.9 Å². The van der Waals surface area contributed by atoms with Gasteiger partial charge < -0.3 is 10.2 Å². The lowest BCUT2D eigenvalue weighted by atomic mass is 9.95. The molecule has 1 unspecified atom stereocenters. The van der Waals surface area contributed by atoms with Gasteiger partial charge in [0, 0.05) is 12.1 Å². The first-order chi connectivity index (χ1) is 6.98. The minimum atomic E-state index is -2.27. The van der Waals surface area contributed by atoms with Gasteiger partial charge in [-0.25, -0.2) is 8.78 Å². The van der Waals surface area contributed by atoms with Crippen molar-refractivity contribution in [2.75, 3.05) is 20.6 Å². The summed E-state index contributed by atoms with van der Waals surface area (Å²) in [6.07, 6.45) is 2.38. The van der Waals surface area contributed by atoms with E-state index in [4.69, 9.17) is 0 Å². The second kappa shape index (κ2) is 5.21. The molecule has 1 rings (SSSR count). The van der Waals surface area contributed by atoms with E-state index < -0.39 is 12.5 Å². The van der Waals surface area contributed by atoms with Crippen LogP contribution in [0.15, 0.2) is 0 Å². The van der Waals surface area contributed by atoms with E-state index in [2.05, 4.69) is 10.2 Å². The molecule has 90 valence electrons. The van der Waals surface area contributed by atoms with Gasteiger partial charge in [-0.15, -0.1) is 0 Å². The lowest BCUT2D eigenvalue weighted by Crippen LogP contribution is -2.52. The molecule has 0 aromatic heterocycles. The molecule has 1 N–H and O–H groups in total. The van der Waals surface area contributed by atoms with Gasteiger partial charge in [0.15, 0.2) is 0 Å². The fraction of sp³-hybridized carbons (Fsp3) is 1.00. The van der Waals surface area contributed by atoms with Gasteiger partial charge >= 0.3 is 0 Å². The highest BCUT2D eigenvalue weighted by atomic mass is 19.3. The number of likely N-dealkylation sites (N-methyl/N-ethyl adjacent to an activating group) is 1. The van der Waals surface area contributed by atoms with Crippen molar-refractivity contribution in [1.29, 1.82) is 0 Å². The van der Waals surface area contributed by atoms with Crippen LogP contribution in [0.3, 0.4) is 0 Å². The molecule has 4 heteroatoms. The molecule has 0 amide bonds. The molecule has 1 aliphatic rings. The fourth-order valence-corrected chi connectivity index (χ4v) is 2.26. The first-order valence-electron chi connectivity index (χ1n) is 5.67. The molecule has 0 radical (unpaired) electrons. The molecule has 1 saturated carbocycles. The molecule has 1 aliphatic carbocycles. The number of rotatable bonds is 5. The second-order valence-corrected chi connectivity index (χ2v) is 4.83. The molecule has 2 nitrogen and oxygen atoms in total. The van der Waals surface area contributed by atoms with Crippen molar-refractivity contribution in [3.8, 4) is 0 Å². The highest BCUT2D eigenvalue weighted by Gasteiger charge is 2.36. The maximum atomic E-state index is 12.4. The van der Waals surface area contributed by atoms with Crippen molar-refractivity contribution in [3.05, 3.63) is 0 Å². The third kappa shape index (κ3) is 3.11. The molecule has 0 saturated heterocycles. The maximum absolute atomic E-state index is 12.4. The molecular weight excluding hydrogens is 198 g/mol. The van der Waals surface area contributed by atoms with Gasteiger partial charge in [-0.3, -0.25) is 0 Å². The van der Waals surface area contributed by atoms with Gasteiger partial charge in [-0.1, -0.05) is 12.8 Å². The van der Waals surface area contributed by atoms with Crippen molar-refractivity contribution in [2.45, 2.75) is 50.6 Å². The van der Waals surface area contributed by atoms with Gasteiger partial charge in [0.05, 0.1) is 6.04 Å². The van der Waals surface area contributed by atoms with Crippen LogP contribution < -0.4 is 5.32 Å². The van der Waals surface area contributed by atoms with Crippen LogP contribution in [-0.4, -0.2) is 43.5 Å². The zero-order valence-corrected chi connectivity index (χ0v) is 9.89. The van der Waals surface area contributed by atoms with Gasteiger partial charge in [-0.2, -0.15) is 0 Å². The summed E-state index contributed by atoms with van der Waals surface area (Å²) in [5, 5.41) is 2.95. The Labute approximate surface area is 91.0 Å². The Bertz CT molecular complexity index is 189. The standard InChI is InChI=1S/C11H22F2N2/c1-9(10(12)13)14-8-11(15(2)3)6-4-5-7-11/h9-10,14H,4-8H2,1-3H3. The molecular formula is C11H22F2N2. The quantitative estimate of drug-likeness (QED) is 0.763. The summed E-state index contributed by atoms with van der Waals surface area (Å²) < 4.78 is 24.7. The van der Waals surface area contributed by atoms with E-state index in [0.29, 0.717) is 6.54 Å². The van der Waals surface area contributed by atoms with Crippen molar-refractivity contribution < 1.29 is 8.78 Å². The van der Waals surface area contributed by atoms with Crippen LogP contribution in [0.2, 0.25) is 0 Å². The minimum Gasteiger partial charge on any atom is -0.307 e. The lowest BCUT2D eigenvalue weighted by Gasteiger charge is -2.37. The summed E-state index contributed by atoms with van der Waals surface area (Å²) in [6.45, 7) is 2.22. The number of alkyl halides is 2. The average molecular weight is 220 g/mol. The third-order valence-corrected chi connectivity index (χ3v) is 3.61. The molecule has 0 spiro atoms. The van der Waals surface area contributed by atoms with Crippen LogP contribution in [0, 0.1) is 0 Å². The van der Waals surface area contributed by atoms with Crippen molar-refractivity contribution in [2.24, 2.45) is 0 Å². The number of halogens is 2. The fourth-order valence-electron chi connectivity index (χ4n) is 2.26. The Balaban J connectivity index is 2.46. The van der Waals surface area contributed by atoms with Crippen LogP contribution in [0.1, 0.15) is 32.6 Å². The van der Waals surface area contributed by atoms with Crippen LogP contribution in [0.4, 0.5) is 8.78 Å². The van der Waals surface area contributed by atoms with Gasteiger partial charge in [0.2, 0.25) is 0 Å². The van der Waals surface area contributed by atoms with Crippen molar-refractivity contribution >= 4 is 0 Å². The normalized spacial score (nSPS) is 22.6. The smallest absolute Gasteiger partial charge is 0.253 e. The largest absolute Gasteiger partial charge is 0.307 e. The van der Waals surface area contributed by atoms with E-state index in [1.54, 1.807) is 6.92 Å². The SMILES string of the molecule is CC(NCC1(N(C)C)CCCC1)C(F)F. The third-order valence-electron chi connectivity index (χ3n) is 3.61. The molecule has 0 aliphatic heterocycles. The Morgan fingerprint density at radius 2 is 1.80 bits per heavy atom. The first kappa shape index (κ1) is 12.8. The zero-order valence-electron chi connectivity index (χ0n) is 9.89. The van der Waals surface area contributed by atoms with Crippen molar-refractivity contribution in [1.82, 2.24) is 10.2 Å². The van der Waals surface area contributed by atoms with E-state index >= 15 is 0 Å². The topological polar surface area (TPSA) is 15.3 Å². The molecule has 1 atom stereocenters. The van der Waals surface area contributed by atoms with E-state index in [9.17, 15) is 8.78 Å². The molecule has 1 fully saturated rings. The predicted octanol–water partition coefficient (Wildman–Crippen LogP) is 2.10. The molecule has 0 aromatic rings. The van der Waals surface area contributed by atoms with E-state index in [0.717, 1.165) is 12.8 Å². The highest BCUT2D eigenvalue weighted by molar-refractivity contribution is 4.95. The summed E-state index contributed by atoms with van der Waals surface area (Å²) in [4.78, 5) is 2.19. The van der Waals surface area contributed by atoms with Crippen LogP contribution in [-0.2, 0) is 0 Å². The van der Waals surface area contributed by atoms with Crippen LogP contribution >= 0.6 is 0 Å². The van der Waals surface area contributed by atoms with Crippen molar-refractivity contribution in [3.63, 3.8) is 0 Å². The van der Waals surface area contributed by atoms with E-state index in [1.165, 1.54) is 12.8 Å². The Morgan fingerprint density at radius 3 is 2.20 bits per heavy atom. The molecule has 0 bridgehead atoms. The Kier molecular flexibility index (Phi) is 4.46. The number of hydrogen-bond acceptors (Lipinski definition) is 2. The monoisotopic (exact) mass is 220 g/mol. The minimum absolute atomic E-state index is 0.100. The summed E-state index contributed by atoms with van der Waals surface area (Å²) in [6, 6.07) is -0.706. The van der Waals surface area contributed by atoms with Crippen LogP contribution in [0.25, 0.3) is 0 Å². The summed E-state index contributed by atoms with van der Waals surface area (Å²) in [7, 11) is 4.08. The molecule has 15 heavy (non-hydrogen) atoms. The maximum Gasteiger partial charge on any atom is 0.253 e. The van der Waals surface area contributed by atoms with Crippen LogP contribution in [0.5, 0.6) is 0 Å². The first-order valence-corrected chi connectivity index (χ1v) is 5.67. The number of hydrogen-bond donors (Lipinski definition) is 1.